The Kier molecular flexibility index (Phi) is 5.96. The molecule has 7 heteroatoms. The number of halogens is 1. The van der Waals surface area contributed by atoms with Crippen LogP contribution in [-0.2, 0) is 4.74 Å². The second kappa shape index (κ2) is 8.38. The van der Waals surface area contributed by atoms with Gasteiger partial charge in [0.2, 0.25) is 0 Å². The molecular weight excluding hydrogens is 372 g/mol. The molecule has 0 bridgehead atoms. The van der Waals surface area contributed by atoms with Gasteiger partial charge in [0.05, 0.1) is 23.2 Å². The van der Waals surface area contributed by atoms with Crippen molar-refractivity contribution in [2.45, 2.75) is 12.1 Å². The lowest BCUT2D eigenvalue weighted by atomic mass is 10.2. The Morgan fingerprint density at radius 2 is 2.00 bits per heavy atom. The number of fused-ring (bicyclic) bond motifs is 1. The minimum absolute atomic E-state index is 0.248. The van der Waals surface area contributed by atoms with Gasteiger partial charge in [0.25, 0.3) is 0 Å². The molecule has 0 radical (unpaired) electrons. The molecule has 5 nitrogen and oxygen atoms in total. The van der Waals surface area contributed by atoms with Crippen LogP contribution in [0, 0.1) is 6.92 Å². The van der Waals surface area contributed by atoms with Crippen LogP contribution in [0.2, 0.25) is 5.02 Å². The van der Waals surface area contributed by atoms with E-state index in [1.54, 1.807) is 31.4 Å². The lowest BCUT2D eigenvalue weighted by molar-refractivity contribution is 0.0530. The number of hydrogen-bond acceptors (Lipinski definition) is 6. The number of aromatic nitrogens is 2. The summed E-state index contributed by atoms with van der Waals surface area (Å²) in [6, 6.07) is 12.5. The predicted molar refractivity (Wildman–Crippen MR) is 103 cm³/mol. The second-order valence-corrected chi connectivity index (χ2v) is 6.91. The van der Waals surface area contributed by atoms with Crippen LogP contribution < -0.4 is 4.74 Å². The van der Waals surface area contributed by atoms with E-state index in [-0.39, 0.29) is 6.61 Å². The first-order valence-electron chi connectivity index (χ1n) is 7.95. The average Bonchev–Trinajstić information content (AvgIpc) is 2.65. The highest BCUT2D eigenvalue weighted by Gasteiger charge is 2.11. The number of nitrogens with zero attached hydrogens (tertiary/aromatic N) is 2. The highest BCUT2D eigenvalue weighted by atomic mass is 35.5. The van der Waals surface area contributed by atoms with Gasteiger partial charge in [0.15, 0.2) is 5.16 Å². The lowest BCUT2D eigenvalue weighted by Crippen LogP contribution is -2.08. The molecule has 134 valence electrons. The van der Waals surface area contributed by atoms with Gasteiger partial charge >= 0.3 is 5.97 Å². The molecule has 0 aliphatic rings. The van der Waals surface area contributed by atoms with Crippen LogP contribution in [0.5, 0.6) is 5.75 Å². The molecule has 0 unspecified atom stereocenters. The van der Waals surface area contributed by atoms with Crippen LogP contribution in [0.4, 0.5) is 0 Å². The maximum Gasteiger partial charge on any atom is 0.339 e. The molecule has 0 N–H and O–H groups in total. The number of benzene rings is 2. The van der Waals surface area contributed by atoms with Crippen molar-refractivity contribution in [1.82, 2.24) is 9.97 Å². The standard InChI is InChI=1S/C19H17ClN2O3S/c1-12-15-11-13(24-2)7-8-17(15)22-19(21-12)26-10-9-25-18(23)14-5-3-4-6-16(14)20/h3-8,11H,9-10H2,1-2H3. The van der Waals surface area contributed by atoms with Crippen LogP contribution in [0.15, 0.2) is 47.6 Å². The van der Waals surface area contributed by atoms with E-state index in [2.05, 4.69) is 9.97 Å². The maximum absolute atomic E-state index is 12.0. The average molecular weight is 389 g/mol. The highest BCUT2D eigenvalue weighted by molar-refractivity contribution is 7.99. The van der Waals surface area contributed by atoms with Gasteiger partial charge in [0.1, 0.15) is 12.4 Å². The van der Waals surface area contributed by atoms with E-state index in [4.69, 9.17) is 21.1 Å². The minimum Gasteiger partial charge on any atom is -0.497 e. The summed E-state index contributed by atoms with van der Waals surface area (Å²) in [6.45, 7) is 2.18. The van der Waals surface area contributed by atoms with Gasteiger partial charge in [-0.05, 0) is 37.3 Å². The third kappa shape index (κ3) is 4.26. The quantitative estimate of drug-likeness (QED) is 0.267. The van der Waals surface area contributed by atoms with E-state index < -0.39 is 5.97 Å². The third-order valence-corrected chi connectivity index (χ3v) is 4.86. The van der Waals surface area contributed by atoms with Crippen LogP contribution >= 0.6 is 23.4 Å². The number of hydrogen-bond donors (Lipinski definition) is 0. The molecular formula is C19H17ClN2O3S. The normalized spacial score (nSPS) is 10.7. The Labute approximate surface area is 160 Å². The van der Waals surface area contributed by atoms with Crippen LogP contribution in [0.3, 0.4) is 0 Å². The van der Waals surface area contributed by atoms with Gasteiger partial charge in [-0.3, -0.25) is 0 Å². The molecule has 3 aromatic rings. The number of esters is 1. The molecule has 26 heavy (non-hydrogen) atoms. The molecule has 1 aromatic heterocycles. The number of rotatable bonds is 6. The van der Waals surface area contributed by atoms with Gasteiger partial charge in [-0.2, -0.15) is 0 Å². The first-order valence-corrected chi connectivity index (χ1v) is 9.31. The Morgan fingerprint density at radius 1 is 1.19 bits per heavy atom. The predicted octanol–water partition coefficient (Wildman–Crippen LogP) is 4.55. The smallest absolute Gasteiger partial charge is 0.339 e. The molecule has 0 fully saturated rings. The monoisotopic (exact) mass is 388 g/mol. The van der Waals surface area contributed by atoms with Crippen LogP contribution in [0.1, 0.15) is 16.1 Å². The first-order chi connectivity index (χ1) is 12.6. The maximum atomic E-state index is 12.0. The summed E-state index contributed by atoms with van der Waals surface area (Å²) in [5.74, 6) is 0.895. The van der Waals surface area contributed by atoms with E-state index in [0.717, 1.165) is 22.3 Å². The molecule has 2 aromatic carbocycles. The van der Waals surface area contributed by atoms with Crippen molar-refractivity contribution in [3.05, 3.63) is 58.7 Å². The molecule has 0 saturated carbocycles. The van der Waals surface area contributed by atoms with Gasteiger partial charge in [0, 0.05) is 16.8 Å². The lowest BCUT2D eigenvalue weighted by Gasteiger charge is -2.08. The summed E-state index contributed by atoms with van der Waals surface area (Å²) >= 11 is 7.42. The Bertz CT molecular complexity index is 949. The van der Waals surface area contributed by atoms with Crippen molar-refractivity contribution >= 4 is 40.2 Å². The number of ether oxygens (including phenoxy) is 2. The highest BCUT2D eigenvalue weighted by Crippen LogP contribution is 2.24. The Hall–Kier alpha value is -2.31. The molecule has 3 rings (SSSR count). The fourth-order valence-electron chi connectivity index (χ4n) is 2.40. The number of thioether (sulfide) groups is 1. The minimum atomic E-state index is -0.432. The summed E-state index contributed by atoms with van der Waals surface area (Å²) in [7, 11) is 1.63. The zero-order chi connectivity index (χ0) is 18.5. The summed E-state index contributed by atoms with van der Waals surface area (Å²) in [5, 5.41) is 1.99. The molecule has 0 aliphatic heterocycles. The largest absolute Gasteiger partial charge is 0.497 e. The summed E-state index contributed by atoms with van der Waals surface area (Å²) in [5.41, 5.74) is 2.10. The van der Waals surface area contributed by atoms with Crippen molar-refractivity contribution < 1.29 is 14.3 Å². The van der Waals surface area contributed by atoms with E-state index in [9.17, 15) is 4.79 Å². The van der Waals surface area contributed by atoms with Gasteiger partial charge < -0.3 is 9.47 Å². The van der Waals surface area contributed by atoms with E-state index in [1.807, 2.05) is 25.1 Å². The Balaban J connectivity index is 1.60. The Morgan fingerprint density at radius 3 is 2.77 bits per heavy atom. The number of carbonyl (C=O) groups excluding carboxylic acids is 1. The number of aryl methyl sites for hydroxylation is 1. The number of methoxy groups -OCH3 is 1. The topological polar surface area (TPSA) is 61.3 Å². The van der Waals surface area contributed by atoms with Crippen LogP contribution in [-0.4, -0.2) is 35.4 Å². The van der Waals surface area contributed by atoms with Gasteiger partial charge in [-0.25, -0.2) is 14.8 Å². The fourth-order valence-corrected chi connectivity index (χ4v) is 3.32. The molecule has 0 aliphatic carbocycles. The molecule has 0 saturated heterocycles. The SMILES string of the molecule is COc1ccc2nc(SCCOC(=O)c3ccccc3Cl)nc(C)c2c1. The van der Waals surface area contributed by atoms with E-state index in [0.29, 0.717) is 21.5 Å². The summed E-state index contributed by atoms with van der Waals surface area (Å²) in [6.07, 6.45) is 0. The summed E-state index contributed by atoms with van der Waals surface area (Å²) < 4.78 is 10.5. The fraction of sp³-hybridized carbons (Fsp3) is 0.211. The van der Waals surface area contributed by atoms with Crippen molar-refractivity contribution in [2.75, 3.05) is 19.5 Å². The van der Waals surface area contributed by atoms with Crippen molar-refractivity contribution in [3.63, 3.8) is 0 Å². The second-order valence-electron chi connectivity index (χ2n) is 5.44. The number of carbonyl (C=O) groups is 1. The third-order valence-electron chi connectivity index (χ3n) is 3.71. The van der Waals surface area contributed by atoms with Gasteiger partial charge in [-0.1, -0.05) is 35.5 Å². The molecule has 0 atom stereocenters. The van der Waals surface area contributed by atoms with E-state index in [1.165, 1.54) is 11.8 Å². The summed E-state index contributed by atoms with van der Waals surface area (Å²) in [4.78, 5) is 21.0. The molecule has 0 spiro atoms. The zero-order valence-corrected chi connectivity index (χ0v) is 15.9. The van der Waals surface area contributed by atoms with Crippen molar-refractivity contribution in [1.29, 1.82) is 0 Å². The first kappa shape index (κ1) is 18.5. The van der Waals surface area contributed by atoms with Crippen molar-refractivity contribution in [3.8, 4) is 5.75 Å². The van der Waals surface area contributed by atoms with Crippen LogP contribution in [0.25, 0.3) is 10.9 Å². The van der Waals surface area contributed by atoms with Crippen molar-refractivity contribution in [2.24, 2.45) is 0 Å². The molecule has 0 amide bonds. The molecule has 1 heterocycles. The zero-order valence-electron chi connectivity index (χ0n) is 14.4. The van der Waals surface area contributed by atoms with E-state index >= 15 is 0 Å². The van der Waals surface area contributed by atoms with Gasteiger partial charge in [-0.15, -0.1) is 0 Å².